The first-order valence-corrected chi connectivity index (χ1v) is 9.66. The quantitative estimate of drug-likeness (QED) is 0.606. The van der Waals surface area contributed by atoms with Crippen LogP contribution in [0.5, 0.6) is 0 Å². The van der Waals surface area contributed by atoms with E-state index in [9.17, 15) is 9.18 Å². The average Bonchev–Trinajstić information content (AvgIpc) is 2.68. The predicted octanol–water partition coefficient (Wildman–Crippen LogP) is 4.89. The van der Waals surface area contributed by atoms with Crippen molar-refractivity contribution in [2.75, 3.05) is 6.61 Å². The third-order valence-corrected chi connectivity index (χ3v) is 4.74. The van der Waals surface area contributed by atoms with Crippen molar-refractivity contribution >= 4 is 17.6 Å². The normalized spacial score (nSPS) is 12.8. The molecule has 0 aliphatic carbocycles. The molecule has 0 saturated carbocycles. The molecule has 4 nitrogen and oxygen atoms in total. The maximum absolute atomic E-state index is 14.0. The van der Waals surface area contributed by atoms with Gasteiger partial charge in [-0.2, -0.15) is 5.26 Å². The molecule has 148 valence electrons. The molecule has 2 aromatic carbocycles. The Hall–Kier alpha value is -2.42. The van der Waals surface area contributed by atoms with E-state index in [4.69, 9.17) is 27.3 Å². The lowest BCUT2D eigenvalue weighted by Crippen LogP contribution is -2.30. The number of nitriles is 1. The fourth-order valence-corrected chi connectivity index (χ4v) is 3.29. The zero-order valence-electron chi connectivity index (χ0n) is 15.8. The van der Waals surface area contributed by atoms with E-state index >= 15 is 0 Å². The lowest BCUT2D eigenvalue weighted by atomic mass is 9.92. The van der Waals surface area contributed by atoms with Gasteiger partial charge in [0.2, 0.25) is 0 Å². The minimum Gasteiger partial charge on any atom is -0.466 e. The smallest absolute Gasteiger partial charge is 0.309 e. The van der Waals surface area contributed by atoms with Crippen LogP contribution < -0.4 is 5.73 Å². The van der Waals surface area contributed by atoms with E-state index in [1.807, 2.05) is 24.3 Å². The van der Waals surface area contributed by atoms with Crippen LogP contribution in [0.2, 0.25) is 5.02 Å². The number of nitrogens with two attached hydrogens (primary N) is 1. The molecule has 28 heavy (non-hydrogen) atoms. The van der Waals surface area contributed by atoms with Crippen LogP contribution in [0.25, 0.3) is 11.1 Å². The van der Waals surface area contributed by atoms with Gasteiger partial charge < -0.3 is 10.5 Å². The van der Waals surface area contributed by atoms with Crippen LogP contribution in [0, 0.1) is 23.1 Å². The number of carbonyl (C=O) groups excluding carboxylic acids is 1. The third kappa shape index (κ3) is 6.33. The van der Waals surface area contributed by atoms with Gasteiger partial charge in [0.1, 0.15) is 5.82 Å². The van der Waals surface area contributed by atoms with Crippen LogP contribution in [0.3, 0.4) is 0 Å². The molecule has 0 aromatic heterocycles. The summed E-state index contributed by atoms with van der Waals surface area (Å²) in [5.74, 6) is -1.02. The lowest BCUT2D eigenvalue weighted by Gasteiger charge is -2.19. The Labute approximate surface area is 170 Å². The molecule has 0 aliphatic heterocycles. The summed E-state index contributed by atoms with van der Waals surface area (Å²) in [5.41, 5.74) is 8.40. The maximum Gasteiger partial charge on any atom is 0.309 e. The molecule has 2 N–H and O–H groups in total. The van der Waals surface area contributed by atoms with Crippen molar-refractivity contribution < 1.29 is 13.9 Å². The number of benzene rings is 2. The summed E-state index contributed by atoms with van der Waals surface area (Å²) in [7, 11) is 0. The van der Waals surface area contributed by atoms with Crippen molar-refractivity contribution in [2.24, 2.45) is 11.7 Å². The summed E-state index contributed by atoms with van der Waals surface area (Å²) in [6.07, 6.45) is 1.75. The minimum absolute atomic E-state index is 0.248. The van der Waals surface area contributed by atoms with E-state index in [0.717, 1.165) is 11.1 Å². The number of hydrogen-bond donors (Lipinski definition) is 1. The van der Waals surface area contributed by atoms with Crippen LogP contribution in [-0.2, 0) is 16.0 Å². The van der Waals surface area contributed by atoms with Gasteiger partial charge in [-0.3, -0.25) is 4.79 Å². The summed E-state index contributed by atoms with van der Waals surface area (Å²) in [6, 6.07) is 13.7. The Bertz CT molecular complexity index is 833. The van der Waals surface area contributed by atoms with Crippen molar-refractivity contribution in [2.45, 2.75) is 38.6 Å². The number of ether oxygens (including phenoxy) is 1. The van der Waals surface area contributed by atoms with Gasteiger partial charge in [-0.1, -0.05) is 35.9 Å². The minimum atomic E-state index is -0.380. The maximum atomic E-state index is 14.0. The number of hydrogen-bond acceptors (Lipinski definition) is 4. The largest absolute Gasteiger partial charge is 0.466 e. The Kier molecular flexibility index (Phi) is 8.43. The monoisotopic (exact) mass is 402 g/mol. The standard InChI is InChI=1S/C22H24ClFN2O2/c1-2-28-22(27)17(4-3-11-25)13-19(26)12-15-5-7-16(8-6-15)20-14-18(23)9-10-21(20)24/h5-10,14,17,19H,2-4,12-13,26H2,1H3/t17-,19-/m1/s1. The van der Waals surface area contributed by atoms with Gasteiger partial charge in [0.15, 0.2) is 0 Å². The first-order valence-electron chi connectivity index (χ1n) is 9.28. The van der Waals surface area contributed by atoms with Crippen molar-refractivity contribution in [1.29, 1.82) is 5.26 Å². The molecule has 2 rings (SSSR count). The van der Waals surface area contributed by atoms with Gasteiger partial charge in [0, 0.05) is 23.0 Å². The molecule has 0 fully saturated rings. The highest BCUT2D eigenvalue weighted by molar-refractivity contribution is 6.30. The number of rotatable bonds is 9. The Morgan fingerprint density at radius 2 is 2.00 bits per heavy atom. The molecule has 0 unspecified atom stereocenters. The summed E-state index contributed by atoms with van der Waals surface area (Å²) < 4.78 is 19.1. The number of esters is 1. The van der Waals surface area contributed by atoms with Crippen LogP contribution in [-0.4, -0.2) is 18.6 Å². The van der Waals surface area contributed by atoms with Crippen molar-refractivity contribution in [3.63, 3.8) is 0 Å². The number of halogens is 2. The van der Waals surface area contributed by atoms with Gasteiger partial charge in [0.05, 0.1) is 18.6 Å². The van der Waals surface area contributed by atoms with Gasteiger partial charge in [-0.05, 0) is 55.5 Å². The van der Waals surface area contributed by atoms with Gasteiger partial charge >= 0.3 is 5.97 Å². The molecule has 6 heteroatoms. The van der Waals surface area contributed by atoms with Crippen molar-refractivity contribution in [1.82, 2.24) is 0 Å². The molecular weight excluding hydrogens is 379 g/mol. The Morgan fingerprint density at radius 3 is 2.64 bits per heavy atom. The van der Waals surface area contributed by atoms with E-state index in [2.05, 4.69) is 6.07 Å². The van der Waals surface area contributed by atoms with E-state index in [1.165, 1.54) is 12.1 Å². The summed E-state index contributed by atoms with van der Waals surface area (Å²) in [4.78, 5) is 12.1. The van der Waals surface area contributed by atoms with Crippen LogP contribution in [0.15, 0.2) is 42.5 Å². The fourth-order valence-electron chi connectivity index (χ4n) is 3.12. The number of nitrogens with zero attached hydrogens (tertiary/aromatic N) is 1. The van der Waals surface area contributed by atoms with E-state index in [0.29, 0.717) is 36.5 Å². The molecule has 0 bridgehead atoms. The third-order valence-electron chi connectivity index (χ3n) is 4.50. The Balaban J connectivity index is 2.03. The highest BCUT2D eigenvalue weighted by Gasteiger charge is 2.22. The zero-order chi connectivity index (χ0) is 20.5. The molecule has 0 aliphatic rings. The van der Waals surface area contributed by atoms with Crippen LogP contribution in [0.1, 0.15) is 31.7 Å². The first kappa shape index (κ1) is 21.9. The van der Waals surface area contributed by atoms with Gasteiger partial charge in [-0.15, -0.1) is 0 Å². The molecule has 0 saturated heterocycles. The molecular formula is C22H24ClFN2O2. The topological polar surface area (TPSA) is 76.1 Å². The summed E-state index contributed by atoms with van der Waals surface area (Å²) in [6.45, 7) is 2.06. The molecule has 0 radical (unpaired) electrons. The molecule has 0 heterocycles. The molecule has 2 aromatic rings. The van der Waals surface area contributed by atoms with Gasteiger partial charge in [-0.25, -0.2) is 4.39 Å². The van der Waals surface area contributed by atoms with E-state index in [-0.39, 0.29) is 30.2 Å². The predicted molar refractivity (Wildman–Crippen MR) is 108 cm³/mol. The van der Waals surface area contributed by atoms with Crippen molar-refractivity contribution in [3.05, 3.63) is 58.9 Å². The highest BCUT2D eigenvalue weighted by Crippen LogP contribution is 2.26. The second-order valence-electron chi connectivity index (χ2n) is 6.67. The first-order chi connectivity index (χ1) is 13.4. The van der Waals surface area contributed by atoms with Crippen LogP contribution in [0.4, 0.5) is 4.39 Å². The second kappa shape index (κ2) is 10.8. The Morgan fingerprint density at radius 1 is 1.29 bits per heavy atom. The highest BCUT2D eigenvalue weighted by atomic mass is 35.5. The van der Waals surface area contributed by atoms with Gasteiger partial charge in [0.25, 0.3) is 0 Å². The summed E-state index contributed by atoms with van der Waals surface area (Å²) in [5, 5.41) is 9.26. The van der Waals surface area contributed by atoms with E-state index < -0.39 is 0 Å². The van der Waals surface area contributed by atoms with Crippen molar-refractivity contribution in [3.8, 4) is 17.2 Å². The lowest BCUT2D eigenvalue weighted by molar-refractivity contribution is -0.148. The summed E-state index contributed by atoms with van der Waals surface area (Å²) >= 11 is 5.96. The van der Waals surface area contributed by atoms with Crippen LogP contribution >= 0.6 is 11.6 Å². The number of carbonyl (C=O) groups is 1. The molecule has 0 amide bonds. The fraction of sp³-hybridized carbons (Fsp3) is 0.364. The molecule has 2 atom stereocenters. The second-order valence-corrected chi connectivity index (χ2v) is 7.10. The average molecular weight is 403 g/mol. The van der Waals surface area contributed by atoms with E-state index in [1.54, 1.807) is 13.0 Å². The SMILES string of the molecule is CCOC(=O)[C@H](CCC#N)C[C@H](N)Cc1ccc(-c2cc(Cl)ccc2F)cc1. The zero-order valence-corrected chi connectivity index (χ0v) is 16.6. The molecule has 0 spiro atoms.